The fourth-order valence-electron chi connectivity index (χ4n) is 2.71. The Kier molecular flexibility index (Phi) is 12.7. The highest BCUT2D eigenvalue weighted by molar-refractivity contribution is 14.0. The molecule has 1 rings (SSSR count). The van der Waals surface area contributed by atoms with Crippen LogP contribution in [0.3, 0.4) is 0 Å². The highest BCUT2D eigenvalue weighted by atomic mass is 127. The molecule has 0 spiro atoms. The van der Waals surface area contributed by atoms with Crippen LogP contribution in [0.15, 0.2) is 4.99 Å². The molecule has 20 heavy (non-hydrogen) atoms. The predicted octanol–water partition coefficient (Wildman–Crippen LogP) is 2.83. The Morgan fingerprint density at radius 1 is 1.15 bits per heavy atom. The SMILES string of the molecule is CCCN(CC)CCNC(=NC)NC1CCCCC1.I. The Morgan fingerprint density at radius 3 is 2.40 bits per heavy atom. The summed E-state index contributed by atoms with van der Waals surface area (Å²) in [5.74, 6) is 0.972. The molecule has 0 saturated heterocycles. The summed E-state index contributed by atoms with van der Waals surface area (Å²) in [6, 6.07) is 0.623. The highest BCUT2D eigenvalue weighted by Crippen LogP contribution is 2.17. The normalized spacial score (nSPS) is 16.9. The van der Waals surface area contributed by atoms with Crippen molar-refractivity contribution >= 4 is 29.9 Å². The molecular weight excluding hydrogens is 363 g/mol. The summed E-state index contributed by atoms with van der Waals surface area (Å²) < 4.78 is 0. The summed E-state index contributed by atoms with van der Waals surface area (Å²) in [4.78, 5) is 6.80. The van der Waals surface area contributed by atoms with Gasteiger partial charge >= 0.3 is 0 Å². The first-order valence-electron chi connectivity index (χ1n) is 7.99. The van der Waals surface area contributed by atoms with Gasteiger partial charge in [0.25, 0.3) is 0 Å². The van der Waals surface area contributed by atoms with Gasteiger partial charge in [0.15, 0.2) is 5.96 Å². The molecule has 5 heteroatoms. The van der Waals surface area contributed by atoms with Gasteiger partial charge in [0.2, 0.25) is 0 Å². The summed E-state index contributed by atoms with van der Waals surface area (Å²) in [5, 5.41) is 6.99. The van der Waals surface area contributed by atoms with Crippen LogP contribution in [0.1, 0.15) is 52.4 Å². The van der Waals surface area contributed by atoms with Crippen LogP contribution in [0, 0.1) is 0 Å². The molecule has 0 unspecified atom stereocenters. The third-order valence-electron chi connectivity index (χ3n) is 3.88. The van der Waals surface area contributed by atoms with Crippen LogP contribution < -0.4 is 10.6 Å². The number of nitrogens with one attached hydrogen (secondary N) is 2. The largest absolute Gasteiger partial charge is 0.355 e. The summed E-state index contributed by atoms with van der Waals surface area (Å²) in [6.45, 7) is 8.84. The number of likely N-dealkylation sites (N-methyl/N-ethyl adjacent to an activating group) is 1. The standard InChI is InChI=1S/C15H32N4.HI/c1-4-12-19(5-2)13-11-17-15(16-3)18-14-9-7-6-8-10-14;/h14H,4-13H2,1-3H3,(H2,16,17,18);1H. The number of nitrogens with zero attached hydrogens (tertiary/aromatic N) is 2. The van der Waals surface area contributed by atoms with Crippen molar-refractivity contribution in [2.24, 2.45) is 4.99 Å². The maximum Gasteiger partial charge on any atom is 0.191 e. The van der Waals surface area contributed by atoms with Gasteiger partial charge in [-0.05, 0) is 32.4 Å². The van der Waals surface area contributed by atoms with E-state index >= 15 is 0 Å². The molecule has 0 heterocycles. The van der Waals surface area contributed by atoms with E-state index in [0.29, 0.717) is 6.04 Å². The lowest BCUT2D eigenvalue weighted by Crippen LogP contribution is -2.46. The van der Waals surface area contributed by atoms with Crippen molar-refractivity contribution in [2.45, 2.75) is 58.4 Å². The first-order chi connectivity index (χ1) is 9.30. The lowest BCUT2D eigenvalue weighted by molar-refractivity contribution is 0.292. The molecule has 0 aromatic heterocycles. The number of aliphatic imine (C=N–C) groups is 1. The Bertz CT molecular complexity index is 252. The van der Waals surface area contributed by atoms with E-state index in [-0.39, 0.29) is 24.0 Å². The van der Waals surface area contributed by atoms with Gasteiger partial charge in [-0.25, -0.2) is 0 Å². The van der Waals surface area contributed by atoms with Crippen LogP contribution in [0.25, 0.3) is 0 Å². The maximum absolute atomic E-state index is 4.33. The van der Waals surface area contributed by atoms with Crippen molar-refractivity contribution in [1.29, 1.82) is 0 Å². The minimum atomic E-state index is 0. The van der Waals surface area contributed by atoms with Crippen LogP contribution in [-0.2, 0) is 0 Å². The number of guanidine groups is 1. The van der Waals surface area contributed by atoms with E-state index in [2.05, 4.69) is 34.4 Å². The second-order valence-electron chi connectivity index (χ2n) is 5.41. The van der Waals surface area contributed by atoms with Crippen molar-refractivity contribution in [2.75, 3.05) is 33.2 Å². The molecule has 120 valence electrons. The van der Waals surface area contributed by atoms with Gasteiger partial charge in [0, 0.05) is 26.2 Å². The Morgan fingerprint density at radius 2 is 1.85 bits per heavy atom. The van der Waals surface area contributed by atoms with Gasteiger partial charge in [-0.15, -0.1) is 24.0 Å². The summed E-state index contributed by atoms with van der Waals surface area (Å²) in [6.07, 6.45) is 7.91. The van der Waals surface area contributed by atoms with E-state index in [0.717, 1.165) is 25.6 Å². The van der Waals surface area contributed by atoms with Crippen LogP contribution in [0.4, 0.5) is 0 Å². The Hall–Kier alpha value is -0.0400. The summed E-state index contributed by atoms with van der Waals surface area (Å²) in [5.41, 5.74) is 0. The molecule has 1 saturated carbocycles. The molecule has 0 aromatic rings. The van der Waals surface area contributed by atoms with Gasteiger partial charge in [-0.1, -0.05) is 33.1 Å². The monoisotopic (exact) mass is 396 g/mol. The van der Waals surface area contributed by atoms with Crippen molar-refractivity contribution < 1.29 is 0 Å². The molecule has 0 aliphatic heterocycles. The van der Waals surface area contributed by atoms with E-state index < -0.39 is 0 Å². The van der Waals surface area contributed by atoms with Crippen LogP contribution in [-0.4, -0.2) is 50.1 Å². The number of halogens is 1. The molecule has 2 N–H and O–H groups in total. The predicted molar refractivity (Wildman–Crippen MR) is 99.2 cm³/mol. The third-order valence-corrected chi connectivity index (χ3v) is 3.88. The van der Waals surface area contributed by atoms with Crippen molar-refractivity contribution in [3.8, 4) is 0 Å². The lowest BCUT2D eigenvalue weighted by Gasteiger charge is -2.25. The van der Waals surface area contributed by atoms with Crippen molar-refractivity contribution in [3.05, 3.63) is 0 Å². The lowest BCUT2D eigenvalue weighted by atomic mass is 9.96. The average Bonchev–Trinajstić information content (AvgIpc) is 2.46. The van der Waals surface area contributed by atoms with Gasteiger partial charge in [0.1, 0.15) is 0 Å². The highest BCUT2D eigenvalue weighted by Gasteiger charge is 2.14. The molecule has 1 aliphatic rings. The minimum Gasteiger partial charge on any atom is -0.355 e. The molecule has 1 aliphatic carbocycles. The second-order valence-corrected chi connectivity index (χ2v) is 5.41. The average molecular weight is 396 g/mol. The number of hydrogen-bond donors (Lipinski definition) is 2. The zero-order valence-corrected chi connectivity index (χ0v) is 15.8. The van der Waals surface area contributed by atoms with E-state index in [1.165, 1.54) is 45.1 Å². The van der Waals surface area contributed by atoms with E-state index in [9.17, 15) is 0 Å². The van der Waals surface area contributed by atoms with E-state index in [1.54, 1.807) is 0 Å². The van der Waals surface area contributed by atoms with E-state index in [1.807, 2.05) is 7.05 Å². The molecular formula is C15H33IN4. The van der Waals surface area contributed by atoms with Gasteiger partial charge in [-0.3, -0.25) is 4.99 Å². The third kappa shape index (κ3) is 8.29. The number of rotatable bonds is 7. The summed E-state index contributed by atoms with van der Waals surface area (Å²) in [7, 11) is 1.86. The summed E-state index contributed by atoms with van der Waals surface area (Å²) >= 11 is 0. The fourth-order valence-corrected chi connectivity index (χ4v) is 2.71. The van der Waals surface area contributed by atoms with Crippen LogP contribution in [0.5, 0.6) is 0 Å². The molecule has 0 bridgehead atoms. The molecule has 1 fully saturated rings. The van der Waals surface area contributed by atoms with Gasteiger partial charge in [-0.2, -0.15) is 0 Å². The first kappa shape index (κ1) is 20.0. The Balaban J connectivity index is 0.00000361. The topological polar surface area (TPSA) is 39.7 Å². The molecule has 4 nitrogen and oxygen atoms in total. The quantitative estimate of drug-likeness (QED) is 0.395. The Labute approximate surface area is 142 Å². The van der Waals surface area contributed by atoms with Gasteiger partial charge in [0.05, 0.1) is 0 Å². The number of hydrogen-bond acceptors (Lipinski definition) is 2. The van der Waals surface area contributed by atoms with E-state index in [4.69, 9.17) is 0 Å². The zero-order chi connectivity index (χ0) is 13.9. The fraction of sp³-hybridized carbons (Fsp3) is 0.933. The zero-order valence-electron chi connectivity index (χ0n) is 13.5. The molecule has 0 aromatic carbocycles. The first-order valence-corrected chi connectivity index (χ1v) is 7.99. The van der Waals surface area contributed by atoms with Crippen molar-refractivity contribution in [3.63, 3.8) is 0 Å². The molecule has 0 atom stereocenters. The maximum atomic E-state index is 4.33. The van der Waals surface area contributed by atoms with Crippen LogP contribution in [0.2, 0.25) is 0 Å². The second kappa shape index (κ2) is 12.7. The van der Waals surface area contributed by atoms with Gasteiger partial charge < -0.3 is 15.5 Å². The minimum absolute atomic E-state index is 0. The molecule has 0 radical (unpaired) electrons. The van der Waals surface area contributed by atoms with Crippen LogP contribution >= 0.6 is 24.0 Å². The molecule has 0 amide bonds. The smallest absolute Gasteiger partial charge is 0.191 e. The van der Waals surface area contributed by atoms with Crippen molar-refractivity contribution in [1.82, 2.24) is 15.5 Å².